The van der Waals surface area contributed by atoms with E-state index in [9.17, 15) is 51.1 Å². The molecule has 5 aliphatic carbocycles. The van der Waals surface area contributed by atoms with Crippen molar-refractivity contribution >= 4 is 0 Å². The average molecular weight is 799 g/mol. The van der Waals surface area contributed by atoms with Gasteiger partial charge >= 0.3 is 0 Å². The molecule has 7 aliphatic rings. The van der Waals surface area contributed by atoms with Crippen LogP contribution in [0.2, 0.25) is 0 Å². The standard InChI is InChI=1S/C42H70O14/c1-37(21-53-36-34(32(51)30(49)25(18-44)55-36)56-35-33(52)31(50)29(48)24(17-43)54-35)12-13-38(2)14-15-42(20-46)22(23(38)16-37)6-7-27-39(3)10-9-28(47)40(4,19-45)26(39)8-11-41(27,42)5/h6,23-36,43-52H,7-21H2,1-5H3/t23-,24+,25+,26+,27+,28-,29+,30+,31-,32-,33+,34+,35-,36+,37+,38+,39-,40-,41+,42-/m0/s1. The first kappa shape index (κ1) is 43.3. The Balaban J connectivity index is 1.13. The summed E-state index contributed by atoms with van der Waals surface area (Å²) in [5, 5.41) is 106. The molecule has 10 N–H and O–H groups in total. The lowest BCUT2D eigenvalue weighted by molar-refractivity contribution is -0.369. The maximum Gasteiger partial charge on any atom is 0.187 e. The third-order valence-electron chi connectivity index (χ3n) is 17.6. The highest BCUT2D eigenvalue weighted by Gasteiger charge is 2.69. The van der Waals surface area contributed by atoms with Gasteiger partial charge in [0.15, 0.2) is 12.6 Å². The van der Waals surface area contributed by atoms with E-state index < -0.39 is 91.6 Å². The summed E-state index contributed by atoms with van der Waals surface area (Å²) in [6, 6.07) is 0. The van der Waals surface area contributed by atoms with Gasteiger partial charge in [0.2, 0.25) is 0 Å². The highest BCUT2D eigenvalue weighted by atomic mass is 16.8. The molecule has 14 nitrogen and oxygen atoms in total. The van der Waals surface area contributed by atoms with Crippen LogP contribution >= 0.6 is 0 Å². The highest BCUT2D eigenvalue weighted by Crippen LogP contribution is 2.75. The molecule has 6 fully saturated rings. The smallest absolute Gasteiger partial charge is 0.187 e. The molecular formula is C42H70O14. The van der Waals surface area contributed by atoms with Crippen molar-refractivity contribution in [3.8, 4) is 0 Å². The monoisotopic (exact) mass is 798 g/mol. The van der Waals surface area contributed by atoms with Crippen molar-refractivity contribution in [2.75, 3.05) is 33.0 Å². The van der Waals surface area contributed by atoms with Crippen LogP contribution in [0.25, 0.3) is 0 Å². The molecule has 2 saturated heterocycles. The van der Waals surface area contributed by atoms with Crippen LogP contribution in [0, 0.1) is 50.2 Å². The van der Waals surface area contributed by atoms with Gasteiger partial charge in [-0.2, -0.15) is 0 Å². The van der Waals surface area contributed by atoms with Gasteiger partial charge in [-0.05, 0) is 104 Å². The van der Waals surface area contributed by atoms with E-state index in [2.05, 4.69) is 40.7 Å². The van der Waals surface area contributed by atoms with Gasteiger partial charge in [-0.3, -0.25) is 0 Å². The van der Waals surface area contributed by atoms with E-state index in [1.807, 2.05) is 0 Å². The first-order valence-corrected chi connectivity index (χ1v) is 21.1. The molecular weight excluding hydrogens is 728 g/mol. The number of allylic oxidation sites excluding steroid dienone is 1. The summed E-state index contributed by atoms with van der Waals surface area (Å²) in [6.45, 7) is 10.3. The zero-order chi connectivity index (χ0) is 40.8. The summed E-state index contributed by atoms with van der Waals surface area (Å²) < 4.78 is 23.9. The molecule has 56 heavy (non-hydrogen) atoms. The fourth-order valence-electron chi connectivity index (χ4n) is 13.7. The van der Waals surface area contributed by atoms with Gasteiger partial charge in [0.25, 0.3) is 0 Å². The van der Waals surface area contributed by atoms with Crippen molar-refractivity contribution in [2.24, 2.45) is 50.2 Å². The minimum atomic E-state index is -1.76. The second-order valence-corrected chi connectivity index (χ2v) is 20.5. The molecule has 0 aromatic carbocycles. The van der Waals surface area contributed by atoms with Crippen molar-refractivity contribution in [3.63, 3.8) is 0 Å². The van der Waals surface area contributed by atoms with Crippen LogP contribution in [0.15, 0.2) is 11.6 Å². The zero-order valence-corrected chi connectivity index (χ0v) is 33.9. The molecule has 2 aliphatic heterocycles. The van der Waals surface area contributed by atoms with Crippen LogP contribution in [0.4, 0.5) is 0 Å². The Labute approximate surface area is 330 Å². The van der Waals surface area contributed by atoms with Crippen LogP contribution in [0.1, 0.15) is 98.8 Å². The van der Waals surface area contributed by atoms with Crippen LogP contribution in [-0.4, -0.2) is 152 Å². The Morgan fingerprint density at radius 1 is 0.679 bits per heavy atom. The Kier molecular flexibility index (Phi) is 11.8. The lowest BCUT2D eigenvalue weighted by atomic mass is 9.33. The molecule has 0 unspecified atom stereocenters. The normalized spacial score (nSPS) is 55.9. The SMILES string of the molecule is C[C@@]1(CO[C@@H]2O[C@H](CO)[C@@H](O)[C@H](O)[C@H]2O[C@@H]2O[C@H](CO)[C@@H](O)[C@H](O)[C@H]2O)CC[C@]2(C)CC[C@]3(CO)C(=CC[C@@H]4[C@@]5(C)CC[C@H](O)[C@@](C)(CO)[C@@H]5CC[C@]43C)[C@@H]2C1. The van der Waals surface area contributed by atoms with Gasteiger partial charge in [0.05, 0.1) is 39.1 Å². The molecule has 2 heterocycles. The number of fused-ring (bicyclic) bond motifs is 7. The maximum atomic E-state index is 11.7. The minimum Gasteiger partial charge on any atom is -0.396 e. The van der Waals surface area contributed by atoms with Gasteiger partial charge in [-0.25, -0.2) is 0 Å². The molecule has 0 bridgehead atoms. The van der Waals surface area contributed by atoms with E-state index >= 15 is 0 Å². The highest BCUT2D eigenvalue weighted by molar-refractivity contribution is 5.34. The summed E-state index contributed by atoms with van der Waals surface area (Å²) in [4.78, 5) is 0. The summed E-state index contributed by atoms with van der Waals surface area (Å²) in [5.74, 6) is 0.629. The number of ether oxygens (including phenoxy) is 4. The molecule has 0 radical (unpaired) electrons. The van der Waals surface area contributed by atoms with Gasteiger partial charge in [-0.15, -0.1) is 0 Å². The largest absolute Gasteiger partial charge is 0.396 e. The van der Waals surface area contributed by atoms with Crippen LogP contribution in [0.5, 0.6) is 0 Å². The third-order valence-corrected chi connectivity index (χ3v) is 17.6. The molecule has 20 atom stereocenters. The Bertz CT molecular complexity index is 1450. The molecule has 0 spiro atoms. The fraction of sp³-hybridized carbons (Fsp3) is 0.952. The summed E-state index contributed by atoms with van der Waals surface area (Å²) in [5.41, 5.74) is -0.280. The van der Waals surface area contributed by atoms with Gasteiger partial charge in [0, 0.05) is 10.8 Å². The minimum absolute atomic E-state index is 0.0110. The number of hydrogen-bond donors (Lipinski definition) is 10. The molecule has 14 heteroatoms. The lowest BCUT2D eigenvalue weighted by Crippen LogP contribution is -2.66. The van der Waals surface area contributed by atoms with Gasteiger partial charge in [-0.1, -0.05) is 46.3 Å². The average Bonchev–Trinajstić information content (AvgIpc) is 3.18. The molecule has 322 valence electrons. The molecule has 4 saturated carbocycles. The number of hydrogen-bond acceptors (Lipinski definition) is 14. The van der Waals surface area contributed by atoms with E-state index in [0.29, 0.717) is 6.42 Å². The summed E-state index contributed by atoms with van der Waals surface area (Å²) in [6.07, 6.45) is -4.59. The van der Waals surface area contributed by atoms with E-state index in [1.54, 1.807) is 0 Å². The first-order valence-electron chi connectivity index (χ1n) is 21.1. The van der Waals surface area contributed by atoms with Gasteiger partial charge in [0.1, 0.15) is 48.8 Å². The van der Waals surface area contributed by atoms with E-state index in [1.165, 1.54) is 5.57 Å². The lowest BCUT2D eigenvalue weighted by Gasteiger charge is -2.71. The van der Waals surface area contributed by atoms with Crippen molar-refractivity contribution in [3.05, 3.63) is 11.6 Å². The second-order valence-electron chi connectivity index (χ2n) is 20.5. The first-order chi connectivity index (χ1) is 26.3. The van der Waals surface area contributed by atoms with Crippen molar-refractivity contribution in [1.29, 1.82) is 0 Å². The van der Waals surface area contributed by atoms with E-state index in [4.69, 9.17) is 18.9 Å². The molecule has 0 aromatic heterocycles. The third kappa shape index (κ3) is 6.42. The van der Waals surface area contributed by atoms with Crippen molar-refractivity contribution in [1.82, 2.24) is 0 Å². The van der Waals surface area contributed by atoms with Gasteiger partial charge < -0.3 is 70.0 Å². The van der Waals surface area contributed by atoms with Crippen LogP contribution < -0.4 is 0 Å². The summed E-state index contributed by atoms with van der Waals surface area (Å²) in [7, 11) is 0. The number of aliphatic hydroxyl groups excluding tert-OH is 10. The zero-order valence-electron chi connectivity index (χ0n) is 33.9. The quantitative estimate of drug-likeness (QED) is 0.145. The predicted octanol–water partition coefficient (Wildman–Crippen LogP) is 0.735. The second kappa shape index (κ2) is 15.3. The molecule has 0 aromatic rings. The summed E-state index contributed by atoms with van der Waals surface area (Å²) >= 11 is 0. The Morgan fingerprint density at radius 2 is 1.32 bits per heavy atom. The maximum absolute atomic E-state index is 11.7. The van der Waals surface area contributed by atoms with Crippen LogP contribution in [-0.2, 0) is 18.9 Å². The van der Waals surface area contributed by atoms with Crippen LogP contribution in [0.3, 0.4) is 0 Å². The fourth-order valence-corrected chi connectivity index (χ4v) is 13.7. The number of rotatable bonds is 9. The van der Waals surface area contributed by atoms with E-state index in [0.717, 1.165) is 57.8 Å². The topological polar surface area (TPSA) is 239 Å². The Morgan fingerprint density at radius 3 is 1.96 bits per heavy atom. The van der Waals surface area contributed by atoms with Crippen molar-refractivity contribution < 1.29 is 70.0 Å². The van der Waals surface area contributed by atoms with Crippen molar-refractivity contribution in [2.45, 2.75) is 166 Å². The Hall–Kier alpha value is -0.820. The molecule has 0 amide bonds. The van der Waals surface area contributed by atoms with E-state index in [-0.39, 0.29) is 59.2 Å². The molecule has 7 rings (SSSR count). The number of aliphatic hydroxyl groups is 10. The predicted molar refractivity (Wildman–Crippen MR) is 200 cm³/mol.